The fourth-order valence-corrected chi connectivity index (χ4v) is 3.56. The van der Waals surface area contributed by atoms with Crippen LogP contribution in [0, 0.1) is 18.8 Å². The highest BCUT2D eigenvalue weighted by atomic mass is 15.3. The summed E-state index contributed by atoms with van der Waals surface area (Å²) < 4.78 is 0. The zero-order valence-corrected chi connectivity index (χ0v) is 12.3. The van der Waals surface area contributed by atoms with E-state index in [1.54, 1.807) is 0 Å². The van der Waals surface area contributed by atoms with Crippen LogP contribution in [0.5, 0.6) is 0 Å². The number of benzene rings is 1. The molecule has 1 aromatic heterocycles. The van der Waals surface area contributed by atoms with Gasteiger partial charge in [0, 0.05) is 56.1 Å². The molecule has 0 bridgehead atoms. The Hall–Kier alpha value is -2.10. The number of aromatic nitrogens is 2. The van der Waals surface area contributed by atoms with E-state index >= 15 is 0 Å². The third kappa shape index (κ3) is 2.35. The lowest BCUT2D eigenvalue weighted by atomic mass is 10.0. The van der Waals surface area contributed by atoms with Gasteiger partial charge < -0.3 is 9.80 Å². The predicted molar refractivity (Wildman–Crippen MR) is 84.6 cm³/mol. The van der Waals surface area contributed by atoms with Gasteiger partial charge in [0.15, 0.2) is 0 Å². The minimum absolute atomic E-state index is 0.732. The summed E-state index contributed by atoms with van der Waals surface area (Å²) in [5.74, 6) is 2.35. The van der Waals surface area contributed by atoms with Crippen LogP contribution < -0.4 is 9.80 Å². The summed E-state index contributed by atoms with van der Waals surface area (Å²) in [5, 5.41) is 0. The maximum atomic E-state index is 4.47. The molecule has 2 atom stereocenters. The molecular weight excluding hydrogens is 260 g/mol. The fraction of sp³-hybridized carbons (Fsp3) is 0.412. The molecule has 4 nitrogen and oxygen atoms in total. The number of nitrogens with zero attached hydrogens (tertiary/aromatic N) is 4. The molecule has 3 heterocycles. The Labute approximate surface area is 125 Å². The van der Waals surface area contributed by atoms with Gasteiger partial charge in [-0.05, 0) is 24.6 Å². The molecule has 4 rings (SSSR count). The Morgan fingerprint density at radius 2 is 1.43 bits per heavy atom. The molecule has 2 unspecified atom stereocenters. The van der Waals surface area contributed by atoms with Crippen molar-refractivity contribution in [3.8, 4) is 0 Å². The minimum atomic E-state index is 0.732. The van der Waals surface area contributed by atoms with Crippen LogP contribution in [-0.2, 0) is 0 Å². The molecule has 21 heavy (non-hydrogen) atoms. The quantitative estimate of drug-likeness (QED) is 0.845. The molecule has 108 valence electrons. The topological polar surface area (TPSA) is 32.3 Å². The molecule has 0 N–H and O–H groups in total. The Bertz CT molecular complexity index is 596. The van der Waals surface area contributed by atoms with Gasteiger partial charge in [-0.1, -0.05) is 18.2 Å². The van der Waals surface area contributed by atoms with E-state index in [-0.39, 0.29) is 0 Å². The fourth-order valence-electron chi connectivity index (χ4n) is 3.56. The number of hydrogen-bond donors (Lipinski definition) is 0. The summed E-state index contributed by atoms with van der Waals surface area (Å²) in [6.07, 6.45) is 3.82. The van der Waals surface area contributed by atoms with E-state index in [1.165, 1.54) is 5.69 Å². The highest BCUT2D eigenvalue weighted by Crippen LogP contribution is 2.34. The van der Waals surface area contributed by atoms with Gasteiger partial charge in [-0.3, -0.25) is 0 Å². The second-order valence-electron chi connectivity index (χ2n) is 6.23. The van der Waals surface area contributed by atoms with Crippen molar-refractivity contribution in [3.63, 3.8) is 0 Å². The third-order valence-electron chi connectivity index (χ3n) is 4.66. The van der Waals surface area contributed by atoms with E-state index in [1.807, 2.05) is 19.3 Å². The summed E-state index contributed by atoms with van der Waals surface area (Å²) in [5.41, 5.74) is 2.47. The third-order valence-corrected chi connectivity index (χ3v) is 4.66. The van der Waals surface area contributed by atoms with Gasteiger partial charge >= 0.3 is 0 Å². The maximum Gasteiger partial charge on any atom is 0.225 e. The molecule has 4 heteroatoms. The smallest absolute Gasteiger partial charge is 0.225 e. The van der Waals surface area contributed by atoms with Crippen LogP contribution in [0.15, 0.2) is 42.7 Å². The van der Waals surface area contributed by atoms with Crippen LogP contribution in [0.1, 0.15) is 5.56 Å². The summed E-state index contributed by atoms with van der Waals surface area (Å²) in [4.78, 5) is 13.8. The number of anilines is 2. The number of rotatable bonds is 2. The zero-order valence-electron chi connectivity index (χ0n) is 12.3. The van der Waals surface area contributed by atoms with Gasteiger partial charge in [0.05, 0.1) is 0 Å². The lowest BCUT2D eigenvalue weighted by Gasteiger charge is -2.23. The van der Waals surface area contributed by atoms with Crippen molar-refractivity contribution in [2.45, 2.75) is 6.92 Å². The lowest BCUT2D eigenvalue weighted by molar-refractivity contribution is 0.533. The molecule has 0 amide bonds. The average Bonchev–Trinajstić information content (AvgIpc) is 3.07. The van der Waals surface area contributed by atoms with Crippen molar-refractivity contribution in [2.24, 2.45) is 11.8 Å². The van der Waals surface area contributed by atoms with Crippen molar-refractivity contribution in [1.29, 1.82) is 0 Å². The van der Waals surface area contributed by atoms with Crippen LogP contribution in [0.2, 0.25) is 0 Å². The molecule has 0 spiro atoms. The first-order valence-electron chi connectivity index (χ1n) is 7.63. The van der Waals surface area contributed by atoms with E-state index < -0.39 is 0 Å². The predicted octanol–water partition coefficient (Wildman–Crippen LogP) is 2.36. The SMILES string of the molecule is Cc1cnc(N2CC3CN(c4ccccc4)CC3C2)nc1. The van der Waals surface area contributed by atoms with Gasteiger partial charge in [-0.2, -0.15) is 0 Å². The monoisotopic (exact) mass is 280 g/mol. The van der Waals surface area contributed by atoms with Crippen LogP contribution in [-0.4, -0.2) is 36.1 Å². The lowest BCUT2D eigenvalue weighted by Crippen LogP contribution is -2.29. The molecule has 2 fully saturated rings. The normalized spacial score (nSPS) is 24.4. The Balaban J connectivity index is 1.45. The summed E-state index contributed by atoms with van der Waals surface area (Å²) in [7, 11) is 0. The number of hydrogen-bond acceptors (Lipinski definition) is 4. The highest BCUT2D eigenvalue weighted by molar-refractivity contribution is 5.48. The van der Waals surface area contributed by atoms with Crippen molar-refractivity contribution >= 4 is 11.6 Å². The van der Waals surface area contributed by atoms with Crippen molar-refractivity contribution in [2.75, 3.05) is 36.0 Å². The molecule has 1 aromatic carbocycles. The second kappa shape index (κ2) is 5.02. The van der Waals surface area contributed by atoms with Crippen molar-refractivity contribution < 1.29 is 0 Å². The number of fused-ring (bicyclic) bond motifs is 1. The molecule has 2 aliphatic rings. The van der Waals surface area contributed by atoms with Gasteiger partial charge in [-0.15, -0.1) is 0 Å². The highest BCUT2D eigenvalue weighted by Gasteiger charge is 2.40. The van der Waals surface area contributed by atoms with Crippen molar-refractivity contribution in [1.82, 2.24) is 9.97 Å². The van der Waals surface area contributed by atoms with Gasteiger partial charge in [0.2, 0.25) is 5.95 Å². The van der Waals surface area contributed by atoms with E-state index in [2.05, 4.69) is 50.1 Å². The molecular formula is C17H20N4. The van der Waals surface area contributed by atoms with Crippen LogP contribution in [0.25, 0.3) is 0 Å². The Morgan fingerprint density at radius 1 is 0.857 bits per heavy atom. The van der Waals surface area contributed by atoms with E-state index in [0.29, 0.717) is 0 Å². The molecule has 0 radical (unpaired) electrons. The van der Waals surface area contributed by atoms with E-state index in [4.69, 9.17) is 0 Å². The first-order valence-corrected chi connectivity index (χ1v) is 7.63. The largest absolute Gasteiger partial charge is 0.371 e. The van der Waals surface area contributed by atoms with Crippen LogP contribution in [0.3, 0.4) is 0 Å². The minimum Gasteiger partial charge on any atom is -0.371 e. The maximum absolute atomic E-state index is 4.47. The summed E-state index contributed by atoms with van der Waals surface area (Å²) >= 11 is 0. The summed E-state index contributed by atoms with van der Waals surface area (Å²) in [6, 6.07) is 10.7. The molecule has 0 aliphatic carbocycles. The van der Waals surface area contributed by atoms with Gasteiger partial charge in [0.1, 0.15) is 0 Å². The van der Waals surface area contributed by atoms with Gasteiger partial charge in [0.25, 0.3) is 0 Å². The van der Waals surface area contributed by atoms with E-state index in [0.717, 1.165) is 49.5 Å². The standard InChI is InChI=1S/C17H20N4/c1-13-7-18-17(19-8-13)21-11-14-9-20(10-15(14)12-21)16-5-3-2-4-6-16/h2-8,14-15H,9-12H2,1H3. The van der Waals surface area contributed by atoms with Crippen LogP contribution >= 0.6 is 0 Å². The van der Waals surface area contributed by atoms with E-state index in [9.17, 15) is 0 Å². The molecule has 2 aromatic rings. The zero-order chi connectivity index (χ0) is 14.2. The Kier molecular flexibility index (Phi) is 3.02. The summed E-state index contributed by atoms with van der Waals surface area (Å²) in [6.45, 7) is 6.49. The first kappa shape index (κ1) is 12.6. The molecule has 0 saturated carbocycles. The van der Waals surface area contributed by atoms with Crippen molar-refractivity contribution in [3.05, 3.63) is 48.3 Å². The molecule has 2 saturated heterocycles. The first-order chi connectivity index (χ1) is 10.3. The number of para-hydroxylation sites is 1. The number of aryl methyl sites for hydroxylation is 1. The van der Waals surface area contributed by atoms with Crippen LogP contribution in [0.4, 0.5) is 11.6 Å². The molecule has 2 aliphatic heterocycles. The Morgan fingerprint density at radius 3 is 2.05 bits per heavy atom. The average molecular weight is 280 g/mol. The van der Waals surface area contributed by atoms with Gasteiger partial charge in [-0.25, -0.2) is 9.97 Å². The second-order valence-corrected chi connectivity index (χ2v) is 6.23.